The van der Waals surface area contributed by atoms with Crippen LogP contribution in [0.15, 0.2) is 28.2 Å². The lowest BCUT2D eigenvalue weighted by Crippen LogP contribution is -2.30. The summed E-state index contributed by atoms with van der Waals surface area (Å²) in [4.78, 5) is 17.1. The molecule has 1 atom stereocenters. The first kappa shape index (κ1) is 17.6. The van der Waals surface area contributed by atoms with E-state index in [0.717, 1.165) is 10.8 Å². The average Bonchev–Trinajstić information content (AvgIpc) is 2.54. The third kappa shape index (κ3) is 3.16. The summed E-state index contributed by atoms with van der Waals surface area (Å²) in [6.45, 7) is 8.63. The van der Waals surface area contributed by atoms with Gasteiger partial charge in [-0.05, 0) is 18.1 Å². The Morgan fingerprint density at radius 1 is 1.40 bits per heavy atom. The summed E-state index contributed by atoms with van der Waals surface area (Å²) in [5, 5.41) is 20.7. The SMILES string of the molecule is C[C@H]1CSc2cc(-c3cnc(C(C)(C)C)c(O)c3)c(C#N)c(=O)n2C1. The van der Waals surface area contributed by atoms with Gasteiger partial charge in [-0.15, -0.1) is 11.8 Å². The van der Waals surface area contributed by atoms with Gasteiger partial charge >= 0.3 is 0 Å². The van der Waals surface area contributed by atoms with E-state index in [1.165, 1.54) is 0 Å². The van der Waals surface area contributed by atoms with Crippen molar-refractivity contribution in [3.05, 3.63) is 39.9 Å². The third-order valence-electron chi connectivity index (χ3n) is 4.27. The second-order valence-corrected chi connectivity index (χ2v) is 8.60. The summed E-state index contributed by atoms with van der Waals surface area (Å²) < 4.78 is 1.68. The average molecular weight is 355 g/mol. The molecule has 1 N–H and O–H groups in total. The molecule has 2 aromatic heterocycles. The van der Waals surface area contributed by atoms with E-state index in [1.54, 1.807) is 28.6 Å². The number of aromatic hydroxyl groups is 1. The van der Waals surface area contributed by atoms with Gasteiger partial charge in [0, 0.05) is 35.0 Å². The highest BCUT2D eigenvalue weighted by atomic mass is 32.2. The highest BCUT2D eigenvalue weighted by molar-refractivity contribution is 7.99. The van der Waals surface area contributed by atoms with Gasteiger partial charge in [0.25, 0.3) is 5.56 Å². The lowest BCUT2D eigenvalue weighted by atomic mass is 9.90. The van der Waals surface area contributed by atoms with Crippen LogP contribution in [-0.2, 0) is 12.0 Å². The standard InChI is InChI=1S/C19H21N3O2S/c1-11-9-22-16(25-10-11)6-13(14(7-20)18(22)24)12-5-15(23)17(21-8-12)19(2,3)4/h5-6,8,11,23H,9-10H2,1-4H3/t11-/m1/s1. The number of hydrogen-bond acceptors (Lipinski definition) is 5. The molecule has 5 nitrogen and oxygen atoms in total. The van der Waals surface area contributed by atoms with Crippen molar-refractivity contribution in [2.45, 2.75) is 44.7 Å². The number of aromatic nitrogens is 2. The van der Waals surface area contributed by atoms with Crippen molar-refractivity contribution < 1.29 is 5.11 Å². The van der Waals surface area contributed by atoms with Gasteiger partial charge in [0.2, 0.25) is 0 Å². The Morgan fingerprint density at radius 2 is 2.12 bits per heavy atom. The first-order chi connectivity index (χ1) is 11.7. The molecule has 0 saturated carbocycles. The highest BCUT2D eigenvalue weighted by Crippen LogP contribution is 2.35. The number of fused-ring (bicyclic) bond motifs is 1. The predicted octanol–water partition coefficient (Wildman–Crippen LogP) is 3.53. The second-order valence-electron chi connectivity index (χ2n) is 7.56. The Labute approximate surface area is 151 Å². The summed E-state index contributed by atoms with van der Waals surface area (Å²) in [5.74, 6) is 1.41. The molecule has 0 unspecified atom stereocenters. The second kappa shape index (κ2) is 6.23. The van der Waals surface area contributed by atoms with Crippen molar-refractivity contribution in [1.29, 1.82) is 5.26 Å². The summed E-state index contributed by atoms with van der Waals surface area (Å²) >= 11 is 1.62. The maximum Gasteiger partial charge on any atom is 0.269 e. The van der Waals surface area contributed by atoms with Gasteiger partial charge in [-0.3, -0.25) is 9.78 Å². The molecule has 2 aromatic rings. The molecule has 0 bridgehead atoms. The minimum Gasteiger partial charge on any atom is -0.506 e. The number of hydrogen-bond donors (Lipinski definition) is 1. The van der Waals surface area contributed by atoms with Gasteiger partial charge in [-0.1, -0.05) is 27.7 Å². The third-order valence-corrected chi connectivity index (χ3v) is 5.64. The molecule has 1 aliphatic rings. The molecule has 0 saturated heterocycles. The van der Waals surface area contributed by atoms with Gasteiger partial charge in [0.05, 0.1) is 10.7 Å². The van der Waals surface area contributed by atoms with E-state index in [0.29, 0.717) is 29.3 Å². The number of rotatable bonds is 1. The quantitative estimate of drug-likeness (QED) is 0.846. The predicted molar refractivity (Wildman–Crippen MR) is 98.9 cm³/mol. The van der Waals surface area contributed by atoms with Crippen molar-refractivity contribution in [2.24, 2.45) is 5.92 Å². The summed E-state index contributed by atoms with van der Waals surface area (Å²) in [6.07, 6.45) is 1.63. The van der Waals surface area contributed by atoms with E-state index < -0.39 is 0 Å². The minimum absolute atomic E-state index is 0.0768. The zero-order valence-electron chi connectivity index (χ0n) is 14.8. The molecule has 0 fully saturated rings. The van der Waals surface area contributed by atoms with Crippen LogP contribution >= 0.6 is 11.8 Å². The Balaban J connectivity index is 2.19. The lowest BCUT2D eigenvalue weighted by Gasteiger charge is -2.24. The van der Waals surface area contributed by atoms with Crippen molar-refractivity contribution in [2.75, 3.05) is 5.75 Å². The molecule has 6 heteroatoms. The normalized spacial score (nSPS) is 17.0. The van der Waals surface area contributed by atoms with Crippen molar-refractivity contribution in [3.63, 3.8) is 0 Å². The Kier molecular flexibility index (Phi) is 4.38. The first-order valence-electron chi connectivity index (χ1n) is 8.23. The van der Waals surface area contributed by atoms with Crippen LogP contribution in [0.1, 0.15) is 39.0 Å². The summed E-state index contributed by atoms with van der Waals surface area (Å²) in [6, 6.07) is 5.50. The van der Waals surface area contributed by atoms with Crippen molar-refractivity contribution in [3.8, 4) is 22.9 Å². The minimum atomic E-state index is -0.290. The van der Waals surface area contributed by atoms with Crippen LogP contribution in [0.25, 0.3) is 11.1 Å². The fraction of sp³-hybridized carbons (Fsp3) is 0.421. The van der Waals surface area contributed by atoms with Crippen LogP contribution in [-0.4, -0.2) is 20.4 Å². The van der Waals surface area contributed by atoms with Crippen LogP contribution in [0.3, 0.4) is 0 Å². The maximum atomic E-state index is 12.7. The van der Waals surface area contributed by atoms with Crippen LogP contribution < -0.4 is 5.56 Å². The zero-order valence-corrected chi connectivity index (χ0v) is 15.6. The van der Waals surface area contributed by atoms with Gasteiger partial charge in [0.15, 0.2) is 0 Å². The van der Waals surface area contributed by atoms with Gasteiger partial charge < -0.3 is 9.67 Å². The van der Waals surface area contributed by atoms with Gasteiger partial charge in [0.1, 0.15) is 17.4 Å². The molecule has 25 heavy (non-hydrogen) atoms. The zero-order chi connectivity index (χ0) is 18.4. The summed E-state index contributed by atoms with van der Waals surface area (Å²) in [5.41, 5.74) is 1.25. The Hall–Kier alpha value is -2.26. The molecular formula is C19H21N3O2S. The van der Waals surface area contributed by atoms with Crippen LogP contribution in [0.4, 0.5) is 0 Å². The van der Waals surface area contributed by atoms with E-state index in [-0.39, 0.29) is 22.3 Å². The Morgan fingerprint density at radius 3 is 2.72 bits per heavy atom. The fourth-order valence-corrected chi connectivity index (χ4v) is 4.10. The molecule has 130 valence electrons. The van der Waals surface area contributed by atoms with E-state index in [4.69, 9.17) is 0 Å². The molecular weight excluding hydrogens is 334 g/mol. The molecule has 0 aromatic carbocycles. The first-order valence-corrected chi connectivity index (χ1v) is 9.21. The van der Waals surface area contributed by atoms with Crippen LogP contribution in [0, 0.1) is 17.2 Å². The van der Waals surface area contributed by atoms with Gasteiger partial charge in [-0.25, -0.2) is 0 Å². The number of nitriles is 1. The van der Waals surface area contributed by atoms with E-state index in [1.807, 2.05) is 32.9 Å². The smallest absolute Gasteiger partial charge is 0.269 e. The number of pyridine rings is 2. The molecule has 3 rings (SSSR count). The number of thioether (sulfide) groups is 1. The van der Waals surface area contributed by atoms with Crippen LogP contribution in [0.5, 0.6) is 5.75 Å². The van der Waals surface area contributed by atoms with Gasteiger partial charge in [-0.2, -0.15) is 5.26 Å². The van der Waals surface area contributed by atoms with E-state index in [9.17, 15) is 15.2 Å². The molecule has 1 aliphatic heterocycles. The fourth-order valence-electron chi connectivity index (χ4n) is 3.02. The number of nitrogens with zero attached hydrogens (tertiary/aromatic N) is 3. The topological polar surface area (TPSA) is 78.9 Å². The molecule has 0 aliphatic carbocycles. The van der Waals surface area contributed by atoms with Crippen molar-refractivity contribution in [1.82, 2.24) is 9.55 Å². The maximum absolute atomic E-state index is 12.7. The van der Waals surface area contributed by atoms with Crippen LogP contribution in [0.2, 0.25) is 0 Å². The Bertz CT molecular complexity index is 935. The largest absolute Gasteiger partial charge is 0.506 e. The molecule has 0 radical (unpaired) electrons. The van der Waals surface area contributed by atoms with Crippen molar-refractivity contribution >= 4 is 11.8 Å². The molecule has 0 amide bonds. The highest BCUT2D eigenvalue weighted by Gasteiger charge is 2.24. The molecule has 3 heterocycles. The van der Waals surface area contributed by atoms with E-state index >= 15 is 0 Å². The molecule has 0 spiro atoms. The summed E-state index contributed by atoms with van der Waals surface area (Å²) in [7, 11) is 0. The monoisotopic (exact) mass is 355 g/mol. The van der Waals surface area contributed by atoms with E-state index in [2.05, 4.69) is 11.9 Å². The lowest BCUT2D eigenvalue weighted by molar-refractivity contribution is 0.438.